The van der Waals surface area contributed by atoms with Crippen molar-refractivity contribution in [3.63, 3.8) is 0 Å². The molecule has 0 aromatic heterocycles. The van der Waals surface area contributed by atoms with Crippen LogP contribution in [0.3, 0.4) is 0 Å². The van der Waals surface area contributed by atoms with Gasteiger partial charge in [-0.25, -0.2) is 0 Å². The van der Waals surface area contributed by atoms with Crippen LogP contribution in [0, 0.1) is 6.92 Å². The SMILES string of the molecule is Cc1cccc(OCC(=O)NNC(=O)c2cccc(N(C)C)c2)c1. The van der Waals surface area contributed by atoms with E-state index in [1.165, 1.54) is 0 Å². The Balaban J connectivity index is 1.83. The molecule has 0 bridgehead atoms. The minimum atomic E-state index is -0.436. The van der Waals surface area contributed by atoms with Gasteiger partial charge in [-0.2, -0.15) is 0 Å². The van der Waals surface area contributed by atoms with Gasteiger partial charge in [-0.3, -0.25) is 20.4 Å². The second kappa shape index (κ2) is 8.01. The number of nitrogens with zero attached hydrogens (tertiary/aromatic N) is 1. The summed E-state index contributed by atoms with van der Waals surface area (Å²) in [7, 11) is 3.78. The summed E-state index contributed by atoms with van der Waals surface area (Å²) in [6, 6.07) is 14.5. The number of rotatable bonds is 5. The molecule has 0 radical (unpaired) electrons. The third-order valence-electron chi connectivity index (χ3n) is 3.30. The summed E-state index contributed by atoms with van der Waals surface area (Å²) >= 11 is 0. The highest BCUT2D eigenvalue weighted by Crippen LogP contribution is 2.13. The van der Waals surface area contributed by atoms with Crippen LogP contribution in [-0.4, -0.2) is 32.5 Å². The lowest BCUT2D eigenvalue weighted by Crippen LogP contribution is -2.43. The first-order valence-corrected chi connectivity index (χ1v) is 7.52. The molecule has 126 valence electrons. The molecule has 0 heterocycles. The maximum atomic E-state index is 12.1. The molecule has 6 nitrogen and oxygen atoms in total. The third kappa shape index (κ3) is 5.01. The lowest BCUT2D eigenvalue weighted by Gasteiger charge is -2.14. The van der Waals surface area contributed by atoms with Crippen LogP contribution in [-0.2, 0) is 4.79 Å². The van der Waals surface area contributed by atoms with Crippen molar-refractivity contribution in [2.24, 2.45) is 0 Å². The molecule has 0 aliphatic carbocycles. The molecule has 0 atom stereocenters. The molecule has 24 heavy (non-hydrogen) atoms. The first-order chi connectivity index (χ1) is 11.5. The monoisotopic (exact) mass is 327 g/mol. The van der Waals surface area contributed by atoms with Crippen LogP contribution in [0.1, 0.15) is 15.9 Å². The fraction of sp³-hybridized carbons (Fsp3) is 0.222. The highest BCUT2D eigenvalue weighted by atomic mass is 16.5. The van der Waals surface area contributed by atoms with E-state index in [-0.39, 0.29) is 12.5 Å². The number of benzene rings is 2. The molecule has 0 saturated carbocycles. The average Bonchev–Trinajstić information content (AvgIpc) is 2.58. The van der Waals surface area contributed by atoms with Gasteiger partial charge in [0, 0.05) is 25.3 Å². The van der Waals surface area contributed by atoms with E-state index in [0.29, 0.717) is 11.3 Å². The molecule has 2 aromatic rings. The van der Waals surface area contributed by atoms with Crippen LogP contribution >= 0.6 is 0 Å². The summed E-state index contributed by atoms with van der Waals surface area (Å²) in [6.45, 7) is 1.76. The maximum absolute atomic E-state index is 12.1. The molecule has 0 unspecified atom stereocenters. The van der Waals surface area contributed by atoms with Gasteiger partial charge in [-0.15, -0.1) is 0 Å². The van der Waals surface area contributed by atoms with Crippen molar-refractivity contribution < 1.29 is 14.3 Å². The largest absolute Gasteiger partial charge is 0.484 e. The number of amides is 2. The van der Waals surface area contributed by atoms with Gasteiger partial charge in [-0.1, -0.05) is 18.2 Å². The fourth-order valence-electron chi connectivity index (χ4n) is 2.01. The summed E-state index contributed by atoms with van der Waals surface area (Å²) in [4.78, 5) is 25.7. The minimum Gasteiger partial charge on any atom is -0.484 e. The van der Waals surface area contributed by atoms with Gasteiger partial charge in [0.05, 0.1) is 0 Å². The van der Waals surface area contributed by atoms with E-state index < -0.39 is 5.91 Å². The van der Waals surface area contributed by atoms with Gasteiger partial charge in [0.2, 0.25) is 0 Å². The maximum Gasteiger partial charge on any atom is 0.276 e. The normalized spacial score (nSPS) is 9.96. The van der Waals surface area contributed by atoms with Gasteiger partial charge >= 0.3 is 0 Å². The summed E-state index contributed by atoms with van der Waals surface area (Å²) < 4.78 is 5.37. The lowest BCUT2D eigenvalue weighted by atomic mass is 10.2. The molecule has 0 aliphatic heterocycles. The highest BCUT2D eigenvalue weighted by molar-refractivity contribution is 5.96. The number of carbonyl (C=O) groups is 2. The Labute approximate surface area is 141 Å². The predicted molar refractivity (Wildman–Crippen MR) is 93.1 cm³/mol. The third-order valence-corrected chi connectivity index (χ3v) is 3.30. The zero-order valence-corrected chi connectivity index (χ0v) is 14.0. The number of hydrogen-bond acceptors (Lipinski definition) is 4. The van der Waals surface area contributed by atoms with E-state index in [1.54, 1.807) is 24.3 Å². The molecule has 2 amide bonds. The van der Waals surface area contributed by atoms with Crippen LogP contribution in [0.25, 0.3) is 0 Å². The topological polar surface area (TPSA) is 70.7 Å². The Morgan fingerprint density at radius 1 is 1.04 bits per heavy atom. The van der Waals surface area contributed by atoms with E-state index in [9.17, 15) is 9.59 Å². The van der Waals surface area contributed by atoms with E-state index in [4.69, 9.17) is 4.74 Å². The van der Waals surface area contributed by atoms with Crippen molar-refractivity contribution >= 4 is 17.5 Å². The molecule has 6 heteroatoms. The van der Waals surface area contributed by atoms with Crippen molar-refractivity contribution in [1.29, 1.82) is 0 Å². The first kappa shape index (κ1) is 17.3. The Kier molecular flexibility index (Phi) is 5.78. The van der Waals surface area contributed by atoms with Gasteiger partial charge in [-0.05, 0) is 42.8 Å². The molecule has 2 rings (SSSR count). The number of anilines is 1. The van der Waals surface area contributed by atoms with E-state index >= 15 is 0 Å². The molecule has 2 N–H and O–H groups in total. The van der Waals surface area contributed by atoms with Crippen molar-refractivity contribution in [2.75, 3.05) is 25.6 Å². The van der Waals surface area contributed by atoms with Crippen LogP contribution in [0.4, 0.5) is 5.69 Å². The minimum absolute atomic E-state index is 0.179. The van der Waals surface area contributed by atoms with Gasteiger partial charge in [0.1, 0.15) is 5.75 Å². The van der Waals surface area contributed by atoms with Crippen LogP contribution in [0.5, 0.6) is 5.75 Å². The molecule has 2 aromatic carbocycles. The number of hydrazine groups is 1. The number of nitrogens with one attached hydrogen (secondary N) is 2. The second-order valence-electron chi connectivity index (χ2n) is 5.55. The molecule has 0 spiro atoms. The Bertz CT molecular complexity index is 729. The van der Waals surface area contributed by atoms with E-state index in [2.05, 4.69) is 10.9 Å². The second-order valence-corrected chi connectivity index (χ2v) is 5.55. The number of carbonyl (C=O) groups excluding carboxylic acids is 2. The lowest BCUT2D eigenvalue weighted by molar-refractivity contribution is -0.123. The molecule has 0 fully saturated rings. The van der Waals surface area contributed by atoms with Crippen molar-refractivity contribution in [3.05, 3.63) is 59.7 Å². The number of hydrogen-bond donors (Lipinski definition) is 2. The van der Waals surface area contributed by atoms with Crippen molar-refractivity contribution in [2.45, 2.75) is 6.92 Å². The predicted octanol–water partition coefficient (Wildman–Crippen LogP) is 1.90. The highest BCUT2D eigenvalue weighted by Gasteiger charge is 2.09. The quantitative estimate of drug-likeness (QED) is 0.823. The van der Waals surface area contributed by atoms with Gasteiger partial charge < -0.3 is 9.64 Å². The Morgan fingerprint density at radius 3 is 2.50 bits per heavy atom. The zero-order chi connectivity index (χ0) is 17.5. The summed E-state index contributed by atoms with van der Waals surface area (Å²) in [5.41, 5.74) is 7.12. The Morgan fingerprint density at radius 2 is 1.79 bits per heavy atom. The zero-order valence-electron chi connectivity index (χ0n) is 14.0. The summed E-state index contributed by atoms with van der Waals surface area (Å²) in [6.07, 6.45) is 0. The summed E-state index contributed by atoms with van der Waals surface area (Å²) in [5.74, 6) is -0.216. The number of ether oxygens (including phenoxy) is 1. The average molecular weight is 327 g/mol. The number of aryl methyl sites for hydroxylation is 1. The summed E-state index contributed by atoms with van der Waals surface area (Å²) in [5, 5.41) is 0. The van der Waals surface area contributed by atoms with E-state index in [1.807, 2.05) is 50.2 Å². The van der Waals surface area contributed by atoms with Crippen molar-refractivity contribution in [1.82, 2.24) is 10.9 Å². The molecular weight excluding hydrogens is 306 g/mol. The standard InChI is InChI=1S/C18H21N3O3/c1-13-6-4-9-16(10-13)24-12-17(22)19-20-18(23)14-7-5-8-15(11-14)21(2)3/h4-11H,12H2,1-3H3,(H,19,22)(H,20,23). The Hall–Kier alpha value is -3.02. The van der Waals surface area contributed by atoms with E-state index in [0.717, 1.165) is 11.3 Å². The molecular formula is C18H21N3O3. The van der Waals surface area contributed by atoms with Gasteiger partial charge in [0.25, 0.3) is 11.8 Å². The molecule has 0 aliphatic rings. The van der Waals surface area contributed by atoms with Gasteiger partial charge in [0.15, 0.2) is 6.61 Å². The van der Waals surface area contributed by atoms with Crippen LogP contribution in [0.15, 0.2) is 48.5 Å². The van der Waals surface area contributed by atoms with Crippen LogP contribution < -0.4 is 20.5 Å². The smallest absolute Gasteiger partial charge is 0.276 e. The molecule has 0 saturated heterocycles. The fourth-order valence-corrected chi connectivity index (χ4v) is 2.01. The first-order valence-electron chi connectivity index (χ1n) is 7.52. The van der Waals surface area contributed by atoms with Crippen LogP contribution in [0.2, 0.25) is 0 Å². The van der Waals surface area contributed by atoms with Crippen molar-refractivity contribution in [3.8, 4) is 5.75 Å².